The van der Waals surface area contributed by atoms with Gasteiger partial charge in [-0.05, 0) is 45.6 Å². The fourth-order valence-corrected chi connectivity index (χ4v) is 3.89. The quantitative estimate of drug-likeness (QED) is 0.220. The van der Waals surface area contributed by atoms with E-state index in [1.165, 1.54) is 25.3 Å². The van der Waals surface area contributed by atoms with Gasteiger partial charge in [0.05, 0.1) is 35.3 Å². The van der Waals surface area contributed by atoms with Crippen LogP contribution in [0.25, 0.3) is 0 Å². The normalized spacial score (nSPS) is 16.4. The Hall–Kier alpha value is -3.89. The summed E-state index contributed by atoms with van der Waals surface area (Å²) in [4.78, 5) is 49.0. The molecular formula is C25H33N3O8. The van der Waals surface area contributed by atoms with Gasteiger partial charge < -0.3 is 24.8 Å². The molecule has 2 rings (SSSR count). The smallest absolute Gasteiger partial charge is 0.413 e. The molecule has 36 heavy (non-hydrogen) atoms. The molecule has 0 aromatic heterocycles. The van der Waals surface area contributed by atoms with E-state index in [2.05, 4.69) is 10.6 Å². The summed E-state index contributed by atoms with van der Waals surface area (Å²) < 4.78 is 15.9. The number of rotatable bonds is 9. The number of allylic oxidation sites excluding steroid dienone is 3. The number of esters is 2. The second-order valence-electron chi connectivity index (χ2n) is 9.13. The summed E-state index contributed by atoms with van der Waals surface area (Å²) in [7, 11) is 1.22. The highest BCUT2D eigenvalue weighted by Crippen LogP contribution is 2.40. The van der Waals surface area contributed by atoms with Crippen LogP contribution >= 0.6 is 0 Å². The number of hydrogen-bond acceptors (Lipinski definition) is 9. The van der Waals surface area contributed by atoms with E-state index in [0.717, 1.165) is 0 Å². The van der Waals surface area contributed by atoms with E-state index >= 15 is 0 Å². The number of alkyl carbamates (subject to hydrolysis) is 1. The fraction of sp³-hybridized carbons (Fsp3) is 0.480. The van der Waals surface area contributed by atoms with Crippen LogP contribution in [0.15, 0.2) is 47.0 Å². The molecule has 0 saturated heterocycles. The molecule has 0 bridgehead atoms. The standard InChI is InChI=1S/C25H33N3O8/c1-13(2)11-19(23(29)34-7)27-25(31)36-22-16(6)26-15(5)20(24(30)35-14(3)4)21(22)17-9-8-10-18(12-17)28(32)33/h8-10,12-14,19,21,26H,11H2,1-7H3,(H,27,31)/t19-,21-/m0/s1. The van der Waals surface area contributed by atoms with Gasteiger partial charge >= 0.3 is 18.0 Å². The number of nitrogens with zero attached hydrogens (tertiary/aromatic N) is 1. The lowest BCUT2D eigenvalue weighted by atomic mass is 9.85. The molecule has 0 fully saturated rings. The Bertz CT molecular complexity index is 1090. The summed E-state index contributed by atoms with van der Waals surface area (Å²) in [5.74, 6) is -2.15. The number of benzene rings is 1. The maximum absolute atomic E-state index is 13.1. The van der Waals surface area contributed by atoms with Crippen LogP contribution in [0.5, 0.6) is 0 Å². The SMILES string of the molecule is COC(=O)[C@H](CC(C)C)NC(=O)OC1=C(C)NC(C)=C(C(=O)OC(C)C)[C@@H]1c1cccc([N+](=O)[O-])c1. The van der Waals surface area contributed by atoms with E-state index < -0.39 is 41.0 Å². The summed E-state index contributed by atoms with van der Waals surface area (Å²) in [5, 5.41) is 17.0. The van der Waals surface area contributed by atoms with Crippen molar-refractivity contribution in [2.24, 2.45) is 5.92 Å². The Kier molecular flexibility index (Phi) is 9.60. The second kappa shape index (κ2) is 12.2. The molecule has 1 amide bonds. The molecule has 2 N–H and O–H groups in total. The van der Waals surface area contributed by atoms with Gasteiger partial charge in [0.25, 0.3) is 5.69 Å². The van der Waals surface area contributed by atoms with Crippen molar-refractivity contribution in [2.75, 3.05) is 7.11 Å². The van der Waals surface area contributed by atoms with E-state index in [0.29, 0.717) is 23.4 Å². The third kappa shape index (κ3) is 7.06. The molecule has 2 atom stereocenters. The van der Waals surface area contributed by atoms with E-state index in [1.54, 1.807) is 33.8 Å². The van der Waals surface area contributed by atoms with Crippen LogP contribution < -0.4 is 10.6 Å². The first-order valence-corrected chi connectivity index (χ1v) is 11.6. The van der Waals surface area contributed by atoms with Crippen molar-refractivity contribution in [3.8, 4) is 0 Å². The lowest BCUT2D eigenvalue weighted by Crippen LogP contribution is -2.43. The molecule has 1 aliphatic rings. The van der Waals surface area contributed by atoms with Gasteiger partial charge in [0.15, 0.2) is 0 Å². The van der Waals surface area contributed by atoms with Crippen molar-refractivity contribution in [2.45, 2.75) is 66.0 Å². The minimum atomic E-state index is -0.982. The van der Waals surface area contributed by atoms with Gasteiger partial charge in [-0.15, -0.1) is 0 Å². The van der Waals surface area contributed by atoms with Crippen LogP contribution in [-0.2, 0) is 23.8 Å². The predicted octanol–water partition coefficient (Wildman–Crippen LogP) is 4.05. The number of methoxy groups -OCH3 is 1. The summed E-state index contributed by atoms with van der Waals surface area (Å²) in [5.41, 5.74) is 1.18. The number of ether oxygens (including phenoxy) is 3. The summed E-state index contributed by atoms with van der Waals surface area (Å²) in [6.45, 7) is 10.5. The molecule has 11 heteroatoms. The monoisotopic (exact) mass is 503 g/mol. The molecule has 0 aliphatic carbocycles. The number of carbonyl (C=O) groups excluding carboxylic acids is 3. The molecule has 0 radical (unpaired) electrons. The largest absolute Gasteiger partial charge is 0.467 e. The van der Waals surface area contributed by atoms with Crippen molar-refractivity contribution in [3.63, 3.8) is 0 Å². The van der Waals surface area contributed by atoms with E-state index in [9.17, 15) is 24.5 Å². The second-order valence-corrected chi connectivity index (χ2v) is 9.13. The van der Waals surface area contributed by atoms with Gasteiger partial charge in [-0.2, -0.15) is 0 Å². The van der Waals surface area contributed by atoms with Crippen LogP contribution in [0.4, 0.5) is 10.5 Å². The van der Waals surface area contributed by atoms with Crippen LogP contribution in [0.1, 0.15) is 59.4 Å². The Morgan fingerprint density at radius 2 is 1.81 bits per heavy atom. The number of carbonyl (C=O) groups is 3. The zero-order chi connectivity index (χ0) is 27.2. The minimum Gasteiger partial charge on any atom is -0.467 e. The Morgan fingerprint density at radius 1 is 1.14 bits per heavy atom. The average molecular weight is 504 g/mol. The Labute approximate surface area is 210 Å². The topological polar surface area (TPSA) is 146 Å². The van der Waals surface area contributed by atoms with Gasteiger partial charge in [-0.1, -0.05) is 26.0 Å². The summed E-state index contributed by atoms with van der Waals surface area (Å²) >= 11 is 0. The summed E-state index contributed by atoms with van der Waals surface area (Å²) in [6, 6.07) is 4.78. The number of hydrogen-bond donors (Lipinski definition) is 2. The van der Waals surface area contributed by atoms with Crippen LogP contribution in [0.3, 0.4) is 0 Å². The maximum Gasteiger partial charge on any atom is 0.413 e. The van der Waals surface area contributed by atoms with Gasteiger partial charge in [0, 0.05) is 17.8 Å². The number of dihydropyridines is 1. The average Bonchev–Trinajstić information content (AvgIpc) is 2.78. The van der Waals surface area contributed by atoms with E-state index in [1.807, 2.05) is 13.8 Å². The highest BCUT2D eigenvalue weighted by Gasteiger charge is 2.38. The molecule has 1 aliphatic heterocycles. The highest BCUT2D eigenvalue weighted by molar-refractivity contribution is 5.93. The molecule has 1 aromatic rings. The van der Waals surface area contributed by atoms with Crippen LogP contribution in [-0.4, -0.2) is 42.2 Å². The molecule has 11 nitrogen and oxygen atoms in total. The molecular weight excluding hydrogens is 470 g/mol. The number of amides is 1. The van der Waals surface area contributed by atoms with Crippen LogP contribution in [0.2, 0.25) is 0 Å². The van der Waals surface area contributed by atoms with Crippen molar-refractivity contribution in [3.05, 3.63) is 62.7 Å². The van der Waals surface area contributed by atoms with Gasteiger partial charge in [0.1, 0.15) is 11.8 Å². The summed E-state index contributed by atoms with van der Waals surface area (Å²) in [6.07, 6.45) is -1.05. The molecule has 1 heterocycles. The predicted molar refractivity (Wildman–Crippen MR) is 130 cm³/mol. The lowest BCUT2D eigenvalue weighted by Gasteiger charge is -2.31. The molecule has 0 spiro atoms. The van der Waals surface area contributed by atoms with E-state index in [-0.39, 0.29) is 22.9 Å². The van der Waals surface area contributed by atoms with Gasteiger partial charge in [0.2, 0.25) is 0 Å². The van der Waals surface area contributed by atoms with E-state index in [4.69, 9.17) is 14.2 Å². The third-order valence-electron chi connectivity index (χ3n) is 5.36. The zero-order valence-electron chi connectivity index (χ0n) is 21.5. The van der Waals surface area contributed by atoms with Crippen molar-refractivity contribution in [1.82, 2.24) is 10.6 Å². The number of non-ortho nitro benzene ring substituents is 1. The number of nitro benzene ring substituents is 1. The Balaban J connectivity index is 2.52. The lowest BCUT2D eigenvalue weighted by molar-refractivity contribution is -0.384. The van der Waals surface area contributed by atoms with Crippen molar-refractivity contribution in [1.29, 1.82) is 0 Å². The van der Waals surface area contributed by atoms with Crippen molar-refractivity contribution < 1.29 is 33.5 Å². The van der Waals surface area contributed by atoms with Gasteiger partial charge in [-0.25, -0.2) is 14.4 Å². The minimum absolute atomic E-state index is 0.0440. The maximum atomic E-state index is 13.1. The van der Waals surface area contributed by atoms with Crippen LogP contribution in [0, 0.1) is 16.0 Å². The number of nitro groups is 1. The highest BCUT2D eigenvalue weighted by atomic mass is 16.6. The zero-order valence-corrected chi connectivity index (χ0v) is 21.5. The first-order chi connectivity index (χ1) is 16.8. The molecule has 0 unspecified atom stereocenters. The molecule has 1 aromatic carbocycles. The Morgan fingerprint density at radius 3 is 2.36 bits per heavy atom. The van der Waals surface area contributed by atoms with Crippen molar-refractivity contribution >= 4 is 23.7 Å². The molecule has 0 saturated carbocycles. The first-order valence-electron chi connectivity index (χ1n) is 11.6. The number of nitrogens with one attached hydrogen (secondary N) is 2. The molecule has 196 valence electrons. The third-order valence-corrected chi connectivity index (χ3v) is 5.36. The fourth-order valence-electron chi connectivity index (χ4n) is 3.89. The van der Waals surface area contributed by atoms with Gasteiger partial charge in [-0.3, -0.25) is 10.1 Å². The first kappa shape index (κ1) is 28.3.